The number of nitrogens with one attached hydrogen (secondary N) is 1. The Bertz CT molecular complexity index is 1140. The molecule has 0 aliphatic heterocycles. The fraction of sp³-hybridized carbons (Fsp3) is 0.160. The van der Waals surface area contributed by atoms with Gasteiger partial charge in [-0.15, -0.1) is 10.2 Å². The SMILES string of the molecule is CCn1c(CNc2ccc(Cl)cc2)nnc1SCC(=O)N(c1ccccc1)c1ccccc1. The Morgan fingerprint density at radius 1 is 0.939 bits per heavy atom. The first-order valence-corrected chi connectivity index (χ1v) is 12.0. The van der Waals surface area contributed by atoms with Gasteiger partial charge in [-0.3, -0.25) is 9.69 Å². The van der Waals surface area contributed by atoms with E-state index in [1.54, 1.807) is 4.90 Å². The zero-order valence-electron chi connectivity index (χ0n) is 18.2. The number of carbonyl (C=O) groups excluding carboxylic acids is 1. The molecule has 0 fully saturated rings. The monoisotopic (exact) mass is 477 g/mol. The topological polar surface area (TPSA) is 63.1 Å². The molecule has 3 aromatic carbocycles. The fourth-order valence-electron chi connectivity index (χ4n) is 3.41. The second kappa shape index (κ2) is 11.0. The number of halogens is 1. The van der Waals surface area contributed by atoms with E-state index in [9.17, 15) is 4.79 Å². The van der Waals surface area contributed by atoms with Crippen molar-refractivity contribution in [3.05, 3.63) is 95.8 Å². The Morgan fingerprint density at radius 2 is 1.55 bits per heavy atom. The molecule has 0 unspecified atom stereocenters. The van der Waals surface area contributed by atoms with E-state index in [1.807, 2.05) is 96.4 Å². The van der Waals surface area contributed by atoms with Crippen LogP contribution in [0.4, 0.5) is 17.1 Å². The molecule has 0 aliphatic rings. The van der Waals surface area contributed by atoms with Gasteiger partial charge in [0.25, 0.3) is 0 Å². The van der Waals surface area contributed by atoms with Crippen molar-refractivity contribution in [3.8, 4) is 0 Å². The first-order chi connectivity index (χ1) is 16.2. The molecule has 1 heterocycles. The third-order valence-corrected chi connectivity index (χ3v) is 6.21. The van der Waals surface area contributed by atoms with Crippen LogP contribution in [0.1, 0.15) is 12.7 Å². The molecule has 1 amide bonds. The van der Waals surface area contributed by atoms with E-state index in [0.717, 1.165) is 28.0 Å². The summed E-state index contributed by atoms with van der Waals surface area (Å²) < 4.78 is 2.02. The largest absolute Gasteiger partial charge is 0.378 e. The number of anilines is 3. The molecule has 1 N–H and O–H groups in total. The molecule has 0 atom stereocenters. The summed E-state index contributed by atoms with van der Waals surface area (Å²) in [5, 5.41) is 13.4. The van der Waals surface area contributed by atoms with Crippen LogP contribution in [-0.4, -0.2) is 26.4 Å². The highest BCUT2D eigenvalue weighted by molar-refractivity contribution is 7.99. The normalized spacial score (nSPS) is 10.7. The van der Waals surface area contributed by atoms with Crippen molar-refractivity contribution in [3.63, 3.8) is 0 Å². The average Bonchev–Trinajstić information content (AvgIpc) is 3.25. The first-order valence-electron chi connectivity index (χ1n) is 10.6. The number of nitrogens with zero attached hydrogens (tertiary/aromatic N) is 4. The standard InChI is InChI=1S/C25H24ClN5OS/c1-2-30-23(17-27-20-15-13-19(26)14-16-20)28-29-25(30)33-18-24(32)31(21-9-5-3-6-10-21)22-11-7-4-8-12-22/h3-16,27H,2,17-18H2,1H3. The lowest BCUT2D eigenvalue weighted by Crippen LogP contribution is -2.27. The molecular formula is C25H24ClN5OS. The third kappa shape index (κ3) is 5.74. The van der Waals surface area contributed by atoms with Gasteiger partial charge in [0.15, 0.2) is 11.0 Å². The van der Waals surface area contributed by atoms with Crippen LogP contribution in [0.15, 0.2) is 90.1 Å². The zero-order chi connectivity index (χ0) is 23.0. The summed E-state index contributed by atoms with van der Waals surface area (Å²) >= 11 is 7.35. The van der Waals surface area contributed by atoms with Gasteiger partial charge in [0.2, 0.25) is 5.91 Å². The van der Waals surface area contributed by atoms with Crippen LogP contribution in [0.5, 0.6) is 0 Å². The number of hydrogen-bond donors (Lipinski definition) is 1. The van der Waals surface area contributed by atoms with Gasteiger partial charge in [-0.05, 0) is 55.5 Å². The minimum Gasteiger partial charge on any atom is -0.378 e. The molecule has 4 rings (SSSR count). The minimum absolute atomic E-state index is 0.0242. The third-order valence-electron chi connectivity index (χ3n) is 5.01. The van der Waals surface area contributed by atoms with Crippen molar-refractivity contribution in [1.29, 1.82) is 0 Å². The maximum Gasteiger partial charge on any atom is 0.242 e. The maximum atomic E-state index is 13.3. The van der Waals surface area contributed by atoms with E-state index in [4.69, 9.17) is 11.6 Å². The van der Waals surface area contributed by atoms with Crippen LogP contribution < -0.4 is 10.2 Å². The Labute approximate surface area is 202 Å². The lowest BCUT2D eigenvalue weighted by molar-refractivity contribution is -0.115. The number of benzene rings is 3. The highest BCUT2D eigenvalue weighted by Gasteiger charge is 2.20. The number of rotatable bonds is 9. The van der Waals surface area contributed by atoms with Gasteiger partial charge >= 0.3 is 0 Å². The Morgan fingerprint density at radius 3 is 2.12 bits per heavy atom. The van der Waals surface area contributed by atoms with Gasteiger partial charge in [-0.2, -0.15) is 0 Å². The Balaban J connectivity index is 1.46. The average molecular weight is 478 g/mol. The van der Waals surface area contributed by atoms with Crippen molar-refractivity contribution in [2.45, 2.75) is 25.2 Å². The van der Waals surface area contributed by atoms with Gasteiger partial charge < -0.3 is 9.88 Å². The minimum atomic E-state index is -0.0242. The van der Waals surface area contributed by atoms with E-state index in [-0.39, 0.29) is 11.7 Å². The molecule has 168 valence electrons. The molecule has 0 saturated carbocycles. The van der Waals surface area contributed by atoms with Crippen LogP contribution in [0, 0.1) is 0 Å². The molecule has 0 saturated heterocycles. The van der Waals surface area contributed by atoms with Crippen LogP contribution >= 0.6 is 23.4 Å². The van der Waals surface area contributed by atoms with E-state index >= 15 is 0 Å². The number of thioether (sulfide) groups is 1. The molecule has 8 heteroatoms. The maximum absolute atomic E-state index is 13.3. The van der Waals surface area contributed by atoms with E-state index < -0.39 is 0 Å². The van der Waals surface area contributed by atoms with Gasteiger partial charge in [-0.1, -0.05) is 59.8 Å². The summed E-state index contributed by atoms with van der Waals surface area (Å²) in [4.78, 5) is 15.0. The lowest BCUT2D eigenvalue weighted by Gasteiger charge is -2.23. The number of carbonyl (C=O) groups is 1. The molecule has 6 nitrogen and oxygen atoms in total. The summed E-state index contributed by atoms with van der Waals surface area (Å²) in [6, 6.07) is 26.9. The van der Waals surface area contributed by atoms with Gasteiger partial charge in [0, 0.05) is 28.6 Å². The van der Waals surface area contributed by atoms with Gasteiger partial charge in [0.05, 0.1) is 12.3 Å². The van der Waals surface area contributed by atoms with E-state index in [0.29, 0.717) is 18.1 Å². The van der Waals surface area contributed by atoms with Gasteiger partial charge in [-0.25, -0.2) is 0 Å². The summed E-state index contributed by atoms with van der Waals surface area (Å²) in [5.74, 6) is 1.03. The Hall–Kier alpha value is -3.29. The predicted molar refractivity (Wildman–Crippen MR) is 135 cm³/mol. The molecule has 0 bridgehead atoms. The molecular weight excluding hydrogens is 454 g/mol. The van der Waals surface area contributed by atoms with Crippen molar-refractivity contribution in [1.82, 2.24) is 14.8 Å². The number of amides is 1. The van der Waals surface area contributed by atoms with Crippen molar-refractivity contribution < 1.29 is 4.79 Å². The van der Waals surface area contributed by atoms with Crippen LogP contribution in [-0.2, 0) is 17.9 Å². The summed E-state index contributed by atoms with van der Waals surface area (Å²) in [7, 11) is 0. The quantitative estimate of drug-likeness (QED) is 0.298. The summed E-state index contributed by atoms with van der Waals surface area (Å²) in [6.07, 6.45) is 0. The zero-order valence-corrected chi connectivity index (χ0v) is 19.8. The van der Waals surface area contributed by atoms with Gasteiger partial charge in [0.1, 0.15) is 0 Å². The fourth-order valence-corrected chi connectivity index (χ4v) is 4.40. The molecule has 33 heavy (non-hydrogen) atoms. The highest BCUT2D eigenvalue weighted by Crippen LogP contribution is 2.27. The summed E-state index contributed by atoms with van der Waals surface area (Å²) in [5.41, 5.74) is 2.62. The summed E-state index contributed by atoms with van der Waals surface area (Å²) in [6.45, 7) is 3.28. The number of hydrogen-bond acceptors (Lipinski definition) is 5. The second-order valence-electron chi connectivity index (χ2n) is 7.19. The van der Waals surface area contributed by atoms with Crippen molar-refractivity contribution >= 4 is 46.3 Å². The first kappa shape index (κ1) is 22.9. The van der Waals surface area contributed by atoms with E-state index in [2.05, 4.69) is 15.5 Å². The van der Waals surface area contributed by atoms with Crippen molar-refractivity contribution in [2.24, 2.45) is 0 Å². The molecule has 0 aliphatic carbocycles. The van der Waals surface area contributed by atoms with Crippen LogP contribution in [0.25, 0.3) is 0 Å². The van der Waals surface area contributed by atoms with E-state index in [1.165, 1.54) is 11.8 Å². The highest BCUT2D eigenvalue weighted by atomic mass is 35.5. The lowest BCUT2D eigenvalue weighted by atomic mass is 10.2. The van der Waals surface area contributed by atoms with Crippen LogP contribution in [0.2, 0.25) is 5.02 Å². The molecule has 0 spiro atoms. The number of para-hydroxylation sites is 2. The Kier molecular flexibility index (Phi) is 7.65. The molecule has 1 aromatic heterocycles. The number of aromatic nitrogens is 3. The van der Waals surface area contributed by atoms with Crippen molar-refractivity contribution in [2.75, 3.05) is 16.0 Å². The predicted octanol–water partition coefficient (Wildman–Crippen LogP) is 6.02. The van der Waals surface area contributed by atoms with Crippen LogP contribution in [0.3, 0.4) is 0 Å². The second-order valence-corrected chi connectivity index (χ2v) is 8.57. The molecule has 4 aromatic rings. The molecule has 0 radical (unpaired) electrons. The smallest absolute Gasteiger partial charge is 0.242 e.